The van der Waals surface area contributed by atoms with Crippen LogP contribution < -0.4 is 0 Å². The Kier molecular flexibility index (Phi) is 2.78. The standard InChI is InChI=1S/C7H12FNO/c8-5-7(9-10)6-3-1-2-4-6/h6-7H,1-5H2. The Hall–Kier alpha value is -0.470. The summed E-state index contributed by atoms with van der Waals surface area (Å²) in [6, 6.07) is -0.553. The molecule has 0 aromatic heterocycles. The normalized spacial score (nSPS) is 22.9. The third kappa shape index (κ3) is 1.52. The number of rotatable bonds is 3. The third-order valence-corrected chi connectivity index (χ3v) is 2.24. The van der Waals surface area contributed by atoms with Crippen molar-refractivity contribution in [1.29, 1.82) is 0 Å². The quantitative estimate of drug-likeness (QED) is 0.560. The van der Waals surface area contributed by atoms with Crippen LogP contribution in [0.2, 0.25) is 0 Å². The molecule has 0 spiro atoms. The van der Waals surface area contributed by atoms with Gasteiger partial charge in [0.2, 0.25) is 0 Å². The first-order chi connectivity index (χ1) is 4.88. The third-order valence-electron chi connectivity index (χ3n) is 2.24. The molecular weight excluding hydrogens is 133 g/mol. The van der Waals surface area contributed by atoms with Gasteiger partial charge in [0, 0.05) is 0 Å². The van der Waals surface area contributed by atoms with E-state index in [9.17, 15) is 9.30 Å². The summed E-state index contributed by atoms with van der Waals surface area (Å²) < 4.78 is 12.0. The van der Waals surface area contributed by atoms with E-state index in [1.165, 1.54) is 0 Å². The molecule has 0 aromatic carbocycles. The zero-order valence-corrected chi connectivity index (χ0v) is 5.92. The van der Waals surface area contributed by atoms with Crippen molar-refractivity contribution in [3.63, 3.8) is 0 Å². The van der Waals surface area contributed by atoms with E-state index in [0.717, 1.165) is 25.7 Å². The Morgan fingerprint density at radius 2 is 2.10 bits per heavy atom. The van der Waals surface area contributed by atoms with E-state index in [1.54, 1.807) is 0 Å². The van der Waals surface area contributed by atoms with Crippen LogP contribution in [0.3, 0.4) is 0 Å². The van der Waals surface area contributed by atoms with E-state index in [-0.39, 0.29) is 5.92 Å². The molecule has 10 heavy (non-hydrogen) atoms. The summed E-state index contributed by atoms with van der Waals surface area (Å²) in [6.07, 6.45) is 4.24. The van der Waals surface area contributed by atoms with Crippen molar-refractivity contribution >= 4 is 0 Å². The van der Waals surface area contributed by atoms with Crippen molar-refractivity contribution in [3.05, 3.63) is 4.91 Å². The highest BCUT2D eigenvalue weighted by Gasteiger charge is 2.25. The van der Waals surface area contributed by atoms with Crippen molar-refractivity contribution in [1.82, 2.24) is 0 Å². The van der Waals surface area contributed by atoms with Crippen molar-refractivity contribution in [2.75, 3.05) is 6.67 Å². The number of halogens is 1. The summed E-state index contributed by atoms with van der Waals surface area (Å²) in [4.78, 5) is 10.0. The van der Waals surface area contributed by atoms with Gasteiger partial charge in [0.15, 0.2) is 0 Å². The van der Waals surface area contributed by atoms with Gasteiger partial charge in [0.1, 0.15) is 12.7 Å². The Labute approximate surface area is 59.8 Å². The van der Waals surface area contributed by atoms with Crippen LogP contribution in [0.25, 0.3) is 0 Å². The van der Waals surface area contributed by atoms with E-state index >= 15 is 0 Å². The van der Waals surface area contributed by atoms with Crippen molar-refractivity contribution in [2.24, 2.45) is 11.1 Å². The van der Waals surface area contributed by atoms with Crippen LogP contribution in [-0.4, -0.2) is 12.7 Å². The fraction of sp³-hybridized carbons (Fsp3) is 1.00. The zero-order valence-electron chi connectivity index (χ0n) is 5.92. The van der Waals surface area contributed by atoms with Gasteiger partial charge in [-0.1, -0.05) is 18.0 Å². The average Bonchev–Trinajstić information content (AvgIpc) is 2.43. The molecule has 3 heteroatoms. The molecule has 0 N–H and O–H groups in total. The highest BCUT2D eigenvalue weighted by Crippen LogP contribution is 2.29. The molecule has 0 saturated heterocycles. The molecule has 1 atom stereocenters. The van der Waals surface area contributed by atoms with Crippen molar-refractivity contribution in [2.45, 2.75) is 31.7 Å². The minimum absolute atomic E-state index is 0.238. The molecule has 1 unspecified atom stereocenters. The molecule has 0 bridgehead atoms. The highest BCUT2D eigenvalue weighted by atomic mass is 19.1. The molecule has 0 aromatic rings. The first kappa shape index (κ1) is 7.63. The van der Waals surface area contributed by atoms with Crippen molar-refractivity contribution in [3.8, 4) is 0 Å². The lowest BCUT2D eigenvalue weighted by Gasteiger charge is -2.10. The van der Waals surface area contributed by atoms with Gasteiger partial charge in [-0.3, -0.25) is 0 Å². The molecule has 0 amide bonds. The molecule has 1 fully saturated rings. The molecule has 0 aliphatic heterocycles. The summed E-state index contributed by atoms with van der Waals surface area (Å²) in [5.74, 6) is 0.238. The second-order valence-electron chi connectivity index (χ2n) is 2.87. The number of nitroso groups, excluding NO2 is 1. The Morgan fingerprint density at radius 3 is 2.50 bits per heavy atom. The molecule has 1 aliphatic carbocycles. The van der Waals surface area contributed by atoms with Crippen LogP contribution in [0.15, 0.2) is 5.18 Å². The smallest absolute Gasteiger partial charge is 0.123 e. The van der Waals surface area contributed by atoms with Crippen LogP contribution in [0.4, 0.5) is 4.39 Å². The van der Waals surface area contributed by atoms with Gasteiger partial charge in [-0.05, 0) is 18.8 Å². The molecule has 1 saturated carbocycles. The highest BCUT2D eigenvalue weighted by molar-refractivity contribution is 4.79. The number of alkyl halides is 1. The molecule has 2 nitrogen and oxygen atoms in total. The van der Waals surface area contributed by atoms with Crippen LogP contribution >= 0.6 is 0 Å². The van der Waals surface area contributed by atoms with Crippen LogP contribution in [0, 0.1) is 10.8 Å². The van der Waals surface area contributed by atoms with Gasteiger partial charge in [0.25, 0.3) is 0 Å². The van der Waals surface area contributed by atoms with E-state index in [1.807, 2.05) is 0 Å². The van der Waals surface area contributed by atoms with Crippen LogP contribution in [-0.2, 0) is 0 Å². The van der Waals surface area contributed by atoms with E-state index in [0.29, 0.717) is 0 Å². The lowest BCUT2D eigenvalue weighted by Crippen LogP contribution is -2.16. The average molecular weight is 145 g/mol. The van der Waals surface area contributed by atoms with Crippen molar-refractivity contribution < 1.29 is 4.39 Å². The maximum atomic E-state index is 12.0. The van der Waals surface area contributed by atoms with Gasteiger partial charge in [-0.15, -0.1) is 0 Å². The lowest BCUT2D eigenvalue weighted by molar-refractivity contribution is 0.337. The van der Waals surface area contributed by atoms with E-state index in [2.05, 4.69) is 5.18 Å². The molecule has 1 rings (SSSR count). The number of hydrogen-bond acceptors (Lipinski definition) is 2. The zero-order chi connectivity index (χ0) is 7.40. The SMILES string of the molecule is O=NC(CF)C1CCCC1. The number of hydrogen-bond donors (Lipinski definition) is 0. The van der Waals surface area contributed by atoms with Gasteiger partial charge in [0.05, 0.1) is 0 Å². The maximum absolute atomic E-state index is 12.0. The predicted octanol–water partition coefficient (Wildman–Crippen LogP) is 2.28. The maximum Gasteiger partial charge on any atom is 0.123 e. The first-order valence-corrected chi connectivity index (χ1v) is 3.77. The predicted molar refractivity (Wildman–Crippen MR) is 37.5 cm³/mol. The van der Waals surface area contributed by atoms with Crippen LogP contribution in [0.5, 0.6) is 0 Å². The van der Waals surface area contributed by atoms with Gasteiger partial charge in [-0.25, -0.2) is 4.39 Å². The minimum Gasteiger partial charge on any atom is -0.249 e. The van der Waals surface area contributed by atoms with Crippen LogP contribution in [0.1, 0.15) is 25.7 Å². The van der Waals surface area contributed by atoms with E-state index < -0.39 is 12.7 Å². The summed E-state index contributed by atoms with van der Waals surface area (Å²) in [5, 5.41) is 2.76. The molecular formula is C7H12FNO. The van der Waals surface area contributed by atoms with Gasteiger partial charge in [-0.2, -0.15) is 4.91 Å². The molecule has 0 radical (unpaired) electrons. The Bertz CT molecular complexity index is 112. The largest absolute Gasteiger partial charge is 0.249 e. The first-order valence-electron chi connectivity index (χ1n) is 3.77. The minimum atomic E-state index is -0.575. The molecule has 0 heterocycles. The topological polar surface area (TPSA) is 29.4 Å². The van der Waals surface area contributed by atoms with Gasteiger partial charge >= 0.3 is 0 Å². The lowest BCUT2D eigenvalue weighted by atomic mass is 10.0. The Balaban J connectivity index is 2.36. The fourth-order valence-corrected chi connectivity index (χ4v) is 1.58. The summed E-state index contributed by atoms with van der Waals surface area (Å²) >= 11 is 0. The molecule has 1 aliphatic rings. The second kappa shape index (κ2) is 3.64. The summed E-state index contributed by atoms with van der Waals surface area (Å²) in [7, 11) is 0. The monoisotopic (exact) mass is 145 g/mol. The molecule has 58 valence electrons. The van der Waals surface area contributed by atoms with Gasteiger partial charge < -0.3 is 0 Å². The second-order valence-corrected chi connectivity index (χ2v) is 2.87. The number of nitrogens with zero attached hydrogens (tertiary/aromatic N) is 1. The summed E-state index contributed by atoms with van der Waals surface area (Å²) in [5.41, 5.74) is 0. The Morgan fingerprint density at radius 1 is 1.50 bits per heavy atom. The van der Waals surface area contributed by atoms with E-state index in [4.69, 9.17) is 0 Å². The summed E-state index contributed by atoms with van der Waals surface area (Å²) in [6.45, 7) is -0.575. The fourth-order valence-electron chi connectivity index (χ4n) is 1.58.